The van der Waals surface area contributed by atoms with Gasteiger partial charge in [0.25, 0.3) is 0 Å². The molecule has 20 heavy (non-hydrogen) atoms. The molecule has 0 saturated carbocycles. The standard InChI is InChI=1S/C14H24N2O4/c1-10(2)11(6-7-17)15-14(18)16-12(9-19-3)13-5-4-8-20-13/h4-5,8,10-12,17H,6-7,9H2,1-3H3,(H2,15,16,18). The molecule has 0 bridgehead atoms. The summed E-state index contributed by atoms with van der Waals surface area (Å²) in [6.07, 6.45) is 2.08. The maximum absolute atomic E-state index is 12.0. The maximum Gasteiger partial charge on any atom is 0.315 e. The summed E-state index contributed by atoms with van der Waals surface area (Å²) >= 11 is 0. The van der Waals surface area contributed by atoms with Crippen LogP contribution in [0.5, 0.6) is 0 Å². The zero-order valence-electron chi connectivity index (χ0n) is 12.3. The van der Waals surface area contributed by atoms with Crippen LogP contribution >= 0.6 is 0 Å². The van der Waals surface area contributed by atoms with Gasteiger partial charge in [-0.2, -0.15) is 0 Å². The molecule has 1 rings (SSSR count). The molecule has 0 radical (unpaired) electrons. The molecule has 0 aliphatic carbocycles. The van der Waals surface area contributed by atoms with Crippen LogP contribution in [0.1, 0.15) is 32.1 Å². The Morgan fingerprint density at radius 1 is 1.45 bits per heavy atom. The maximum atomic E-state index is 12.0. The lowest BCUT2D eigenvalue weighted by atomic mass is 10.0. The lowest BCUT2D eigenvalue weighted by molar-refractivity contribution is 0.155. The number of carbonyl (C=O) groups is 1. The van der Waals surface area contributed by atoms with Crippen molar-refractivity contribution in [2.45, 2.75) is 32.4 Å². The molecule has 2 unspecified atom stereocenters. The molecular weight excluding hydrogens is 260 g/mol. The van der Waals surface area contributed by atoms with Crippen molar-refractivity contribution in [3.8, 4) is 0 Å². The summed E-state index contributed by atoms with van der Waals surface area (Å²) in [6.45, 7) is 4.37. The van der Waals surface area contributed by atoms with E-state index >= 15 is 0 Å². The summed E-state index contributed by atoms with van der Waals surface area (Å²) < 4.78 is 10.4. The Bertz CT molecular complexity index is 379. The Balaban J connectivity index is 2.57. The van der Waals surface area contributed by atoms with Crippen LogP contribution in [0.15, 0.2) is 22.8 Å². The van der Waals surface area contributed by atoms with Crippen LogP contribution in [0.4, 0.5) is 4.79 Å². The molecule has 3 N–H and O–H groups in total. The highest BCUT2D eigenvalue weighted by Gasteiger charge is 2.20. The van der Waals surface area contributed by atoms with Gasteiger partial charge in [0.2, 0.25) is 0 Å². The van der Waals surface area contributed by atoms with Gasteiger partial charge in [0.1, 0.15) is 11.8 Å². The molecule has 1 heterocycles. The zero-order valence-corrected chi connectivity index (χ0v) is 12.3. The van der Waals surface area contributed by atoms with Gasteiger partial charge < -0.3 is 24.9 Å². The smallest absolute Gasteiger partial charge is 0.315 e. The van der Waals surface area contributed by atoms with E-state index in [0.29, 0.717) is 18.8 Å². The molecule has 0 fully saturated rings. The number of aliphatic hydroxyl groups excluding tert-OH is 1. The number of methoxy groups -OCH3 is 1. The number of furan rings is 1. The molecule has 0 saturated heterocycles. The molecule has 2 atom stereocenters. The number of amides is 2. The molecule has 0 aliphatic rings. The van der Waals surface area contributed by atoms with Gasteiger partial charge in [0.15, 0.2) is 0 Å². The third-order valence-corrected chi connectivity index (χ3v) is 3.09. The van der Waals surface area contributed by atoms with Crippen molar-refractivity contribution in [2.24, 2.45) is 5.92 Å². The Morgan fingerprint density at radius 3 is 2.70 bits per heavy atom. The van der Waals surface area contributed by atoms with Crippen LogP contribution in [0.3, 0.4) is 0 Å². The summed E-state index contributed by atoms with van der Waals surface area (Å²) in [6, 6.07) is 2.85. The predicted molar refractivity (Wildman–Crippen MR) is 75.3 cm³/mol. The van der Waals surface area contributed by atoms with Crippen LogP contribution < -0.4 is 10.6 Å². The SMILES string of the molecule is COCC(NC(=O)NC(CCO)C(C)C)c1ccco1. The summed E-state index contributed by atoms with van der Waals surface area (Å²) in [5, 5.41) is 14.7. The van der Waals surface area contributed by atoms with Crippen molar-refractivity contribution in [2.75, 3.05) is 20.3 Å². The van der Waals surface area contributed by atoms with E-state index in [9.17, 15) is 4.79 Å². The molecule has 1 aromatic heterocycles. The molecule has 0 aliphatic heterocycles. The van der Waals surface area contributed by atoms with Gasteiger partial charge in [-0.3, -0.25) is 0 Å². The zero-order chi connectivity index (χ0) is 15.0. The number of nitrogens with one attached hydrogen (secondary N) is 2. The second-order valence-corrected chi connectivity index (χ2v) is 5.00. The number of carbonyl (C=O) groups excluding carboxylic acids is 1. The second kappa shape index (κ2) is 8.60. The first kappa shape index (κ1) is 16.5. The normalized spacial score (nSPS) is 14.1. The minimum Gasteiger partial charge on any atom is -0.467 e. The molecular formula is C14H24N2O4. The van der Waals surface area contributed by atoms with Crippen molar-refractivity contribution in [1.82, 2.24) is 10.6 Å². The van der Waals surface area contributed by atoms with E-state index in [4.69, 9.17) is 14.3 Å². The molecule has 114 valence electrons. The Kier molecular flexibility index (Phi) is 7.11. The van der Waals surface area contributed by atoms with Crippen LogP contribution in [0.2, 0.25) is 0 Å². The van der Waals surface area contributed by atoms with Crippen molar-refractivity contribution < 1.29 is 19.1 Å². The average Bonchev–Trinajstić information content (AvgIpc) is 2.91. The highest BCUT2D eigenvalue weighted by Crippen LogP contribution is 2.14. The van der Waals surface area contributed by atoms with Gasteiger partial charge in [-0.25, -0.2) is 4.79 Å². The lowest BCUT2D eigenvalue weighted by Crippen LogP contribution is -2.46. The first-order valence-electron chi connectivity index (χ1n) is 6.78. The van der Waals surface area contributed by atoms with Crippen LogP contribution in [0, 0.1) is 5.92 Å². The number of ether oxygens (including phenoxy) is 1. The van der Waals surface area contributed by atoms with E-state index in [1.54, 1.807) is 25.5 Å². The number of urea groups is 1. The molecule has 6 heteroatoms. The van der Waals surface area contributed by atoms with Gasteiger partial charge in [-0.1, -0.05) is 13.8 Å². The molecule has 0 spiro atoms. The lowest BCUT2D eigenvalue weighted by Gasteiger charge is -2.23. The summed E-state index contributed by atoms with van der Waals surface area (Å²) in [5.74, 6) is 0.891. The van der Waals surface area contributed by atoms with E-state index in [-0.39, 0.29) is 30.6 Å². The van der Waals surface area contributed by atoms with E-state index < -0.39 is 0 Å². The summed E-state index contributed by atoms with van der Waals surface area (Å²) in [7, 11) is 1.57. The van der Waals surface area contributed by atoms with E-state index in [2.05, 4.69) is 10.6 Å². The highest BCUT2D eigenvalue weighted by molar-refractivity contribution is 5.74. The number of hydrogen-bond donors (Lipinski definition) is 3. The summed E-state index contributed by atoms with van der Waals surface area (Å²) in [5.41, 5.74) is 0. The van der Waals surface area contributed by atoms with E-state index in [0.717, 1.165) is 0 Å². The van der Waals surface area contributed by atoms with E-state index in [1.807, 2.05) is 13.8 Å². The van der Waals surface area contributed by atoms with Crippen molar-refractivity contribution in [1.29, 1.82) is 0 Å². The van der Waals surface area contributed by atoms with Gasteiger partial charge in [-0.05, 0) is 24.5 Å². The van der Waals surface area contributed by atoms with E-state index in [1.165, 1.54) is 0 Å². The average molecular weight is 284 g/mol. The van der Waals surface area contributed by atoms with Gasteiger partial charge in [0, 0.05) is 19.8 Å². The second-order valence-electron chi connectivity index (χ2n) is 5.00. The van der Waals surface area contributed by atoms with Crippen molar-refractivity contribution >= 4 is 6.03 Å². The van der Waals surface area contributed by atoms with Crippen molar-refractivity contribution in [3.05, 3.63) is 24.2 Å². The van der Waals surface area contributed by atoms with Gasteiger partial charge in [-0.15, -0.1) is 0 Å². The number of hydrogen-bond acceptors (Lipinski definition) is 4. The largest absolute Gasteiger partial charge is 0.467 e. The molecule has 6 nitrogen and oxygen atoms in total. The molecule has 1 aromatic rings. The van der Waals surface area contributed by atoms with Gasteiger partial charge >= 0.3 is 6.03 Å². The predicted octanol–water partition coefficient (Wildman–Crippen LogP) is 1.67. The van der Waals surface area contributed by atoms with Gasteiger partial charge in [0.05, 0.1) is 12.9 Å². The number of rotatable bonds is 8. The first-order chi connectivity index (χ1) is 9.58. The third-order valence-electron chi connectivity index (χ3n) is 3.09. The quantitative estimate of drug-likeness (QED) is 0.678. The first-order valence-corrected chi connectivity index (χ1v) is 6.78. The molecule has 0 aromatic carbocycles. The topological polar surface area (TPSA) is 83.7 Å². The fourth-order valence-corrected chi connectivity index (χ4v) is 1.93. The monoisotopic (exact) mass is 284 g/mol. The van der Waals surface area contributed by atoms with Crippen LogP contribution in [0.25, 0.3) is 0 Å². The highest BCUT2D eigenvalue weighted by atomic mass is 16.5. The van der Waals surface area contributed by atoms with Crippen LogP contribution in [-0.4, -0.2) is 37.5 Å². The Labute approximate surface area is 119 Å². The summed E-state index contributed by atoms with van der Waals surface area (Å²) in [4.78, 5) is 12.0. The number of aliphatic hydroxyl groups is 1. The minimum absolute atomic E-state index is 0.0445. The minimum atomic E-state index is -0.336. The Hall–Kier alpha value is -1.53. The van der Waals surface area contributed by atoms with Crippen LogP contribution in [-0.2, 0) is 4.74 Å². The van der Waals surface area contributed by atoms with Crippen molar-refractivity contribution in [3.63, 3.8) is 0 Å². The third kappa shape index (κ3) is 5.22. The fourth-order valence-electron chi connectivity index (χ4n) is 1.93. The molecule has 2 amide bonds. The Morgan fingerprint density at radius 2 is 2.20 bits per heavy atom. The fraction of sp³-hybridized carbons (Fsp3) is 0.643.